The van der Waals surface area contributed by atoms with Crippen LogP contribution in [-0.4, -0.2) is 36.1 Å². The second kappa shape index (κ2) is 5.70. The van der Waals surface area contributed by atoms with Crippen molar-refractivity contribution in [2.45, 2.75) is 32.2 Å². The van der Waals surface area contributed by atoms with Crippen molar-refractivity contribution in [1.82, 2.24) is 10.6 Å². The van der Waals surface area contributed by atoms with Gasteiger partial charge in [0.05, 0.1) is 5.92 Å². The van der Waals surface area contributed by atoms with Crippen LogP contribution in [0.15, 0.2) is 0 Å². The van der Waals surface area contributed by atoms with Gasteiger partial charge in [-0.15, -0.1) is 0 Å². The monoisotopic (exact) mass is 214 g/mol. The molecular formula is C10H18N2O3. The maximum Gasteiger partial charge on any atom is 0.308 e. The number of carbonyl (C=O) groups excluding carboxylic acids is 1. The largest absolute Gasteiger partial charge is 0.481 e. The van der Waals surface area contributed by atoms with Gasteiger partial charge < -0.3 is 15.7 Å². The predicted molar refractivity (Wildman–Crippen MR) is 55.5 cm³/mol. The Hall–Kier alpha value is -1.10. The maximum absolute atomic E-state index is 11.2. The molecule has 0 aromatic rings. The van der Waals surface area contributed by atoms with Gasteiger partial charge in [0.15, 0.2) is 0 Å². The molecule has 0 bridgehead atoms. The lowest BCUT2D eigenvalue weighted by molar-refractivity contribution is -0.141. The molecule has 0 saturated heterocycles. The molecule has 0 spiro atoms. The molecule has 5 nitrogen and oxygen atoms in total. The molecule has 0 aliphatic heterocycles. The average molecular weight is 214 g/mol. The third-order valence-electron chi connectivity index (χ3n) is 2.39. The quantitative estimate of drug-likeness (QED) is 0.556. The van der Waals surface area contributed by atoms with Gasteiger partial charge in [-0.2, -0.15) is 0 Å². The summed E-state index contributed by atoms with van der Waals surface area (Å²) in [6, 6.07) is 0.607. The Morgan fingerprint density at radius 2 is 2.13 bits per heavy atom. The SMILES string of the molecule is CC(CNC(=O)CCNC1CC1)C(=O)O. The maximum atomic E-state index is 11.2. The zero-order valence-corrected chi connectivity index (χ0v) is 8.95. The van der Waals surface area contributed by atoms with Crippen LogP contribution in [0.25, 0.3) is 0 Å². The molecule has 0 aromatic heterocycles. The summed E-state index contributed by atoms with van der Waals surface area (Å²) in [4.78, 5) is 21.7. The Bertz CT molecular complexity index is 239. The van der Waals surface area contributed by atoms with Crippen LogP contribution in [0.4, 0.5) is 0 Å². The zero-order valence-electron chi connectivity index (χ0n) is 8.95. The van der Waals surface area contributed by atoms with Crippen LogP contribution in [0.2, 0.25) is 0 Å². The summed E-state index contributed by atoms with van der Waals surface area (Å²) in [7, 11) is 0. The smallest absolute Gasteiger partial charge is 0.308 e. The summed E-state index contributed by atoms with van der Waals surface area (Å²) in [5.74, 6) is -1.49. The van der Waals surface area contributed by atoms with E-state index in [1.165, 1.54) is 12.8 Å². The van der Waals surface area contributed by atoms with E-state index in [-0.39, 0.29) is 12.5 Å². The Morgan fingerprint density at radius 3 is 2.67 bits per heavy atom. The first-order chi connectivity index (χ1) is 7.09. The summed E-state index contributed by atoms with van der Waals surface area (Å²) in [6.45, 7) is 2.46. The van der Waals surface area contributed by atoms with E-state index in [4.69, 9.17) is 5.11 Å². The standard InChI is InChI=1S/C10H18N2O3/c1-7(10(14)15)6-12-9(13)4-5-11-8-2-3-8/h7-8,11H,2-6H2,1H3,(H,12,13)(H,14,15). The fourth-order valence-electron chi connectivity index (χ4n) is 1.12. The molecule has 15 heavy (non-hydrogen) atoms. The van der Waals surface area contributed by atoms with E-state index in [1.807, 2.05) is 0 Å². The van der Waals surface area contributed by atoms with E-state index in [0.717, 1.165) is 0 Å². The van der Waals surface area contributed by atoms with Crippen molar-refractivity contribution in [1.29, 1.82) is 0 Å². The Morgan fingerprint density at radius 1 is 1.47 bits per heavy atom. The van der Waals surface area contributed by atoms with Crippen molar-refractivity contribution in [3.63, 3.8) is 0 Å². The van der Waals surface area contributed by atoms with E-state index in [1.54, 1.807) is 6.92 Å². The van der Waals surface area contributed by atoms with Crippen molar-refractivity contribution in [2.24, 2.45) is 5.92 Å². The number of carboxylic acids is 1. The zero-order chi connectivity index (χ0) is 11.3. The highest BCUT2D eigenvalue weighted by molar-refractivity contribution is 5.77. The molecule has 1 saturated carbocycles. The topological polar surface area (TPSA) is 78.4 Å². The van der Waals surface area contributed by atoms with E-state index in [0.29, 0.717) is 19.0 Å². The van der Waals surface area contributed by atoms with Crippen LogP contribution in [-0.2, 0) is 9.59 Å². The molecule has 1 unspecified atom stereocenters. The van der Waals surface area contributed by atoms with Crippen molar-refractivity contribution in [3.8, 4) is 0 Å². The van der Waals surface area contributed by atoms with Gasteiger partial charge in [0.1, 0.15) is 0 Å². The molecule has 1 rings (SSSR count). The number of hydrogen-bond donors (Lipinski definition) is 3. The lowest BCUT2D eigenvalue weighted by Crippen LogP contribution is -2.33. The summed E-state index contributed by atoms with van der Waals surface area (Å²) in [5.41, 5.74) is 0. The molecule has 1 aliphatic rings. The Balaban J connectivity index is 1.99. The van der Waals surface area contributed by atoms with Gasteiger partial charge >= 0.3 is 5.97 Å². The first-order valence-corrected chi connectivity index (χ1v) is 5.32. The van der Waals surface area contributed by atoms with Crippen LogP contribution in [0.1, 0.15) is 26.2 Å². The first-order valence-electron chi connectivity index (χ1n) is 5.32. The van der Waals surface area contributed by atoms with Crippen LogP contribution < -0.4 is 10.6 Å². The number of amides is 1. The van der Waals surface area contributed by atoms with Crippen molar-refractivity contribution in [3.05, 3.63) is 0 Å². The molecule has 1 atom stereocenters. The molecule has 1 amide bonds. The minimum Gasteiger partial charge on any atom is -0.481 e. The lowest BCUT2D eigenvalue weighted by Gasteiger charge is -2.08. The van der Waals surface area contributed by atoms with Gasteiger partial charge in [0.2, 0.25) is 5.91 Å². The second-order valence-electron chi connectivity index (χ2n) is 4.02. The fourth-order valence-corrected chi connectivity index (χ4v) is 1.12. The summed E-state index contributed by atoms with van der Waals surface area (Å²) in [5, 5.41) is 14.4. The summed E-state index contributed by atoms with van der Waals surface area (Å²) in [6.07, 6.45) is 2.83. The molecule has 86 valence electrons. The molecule has 0 heterocycles. The number of carbonyl (C=O) groups is 2. The van der Waals surface area contributed by atoms with E-state index >= 15 is 0 Å². The van der Waals surface area contributed by atoms with Gasteiger partial charge in [0, 0.05) is 25.6 Å². The van der Waals surface area contributed by atoms with Gasteiger partial charge in [0.25, 0.3) is 0 Å². The van der Waals surface area contributed by atoms with Crippen molar-refractivity contribution >= 4 is 11.9 Å². The van der Waals surface area contributed by atoms with E-state index < -0.39 is 11.9 Å². The number of aliphatic carboxylic acids is 1. The van der Waals surface area contributed by atoms with Gasteiger partial charge in [-0.05, 0) is 12.8 Å². The van der Waals surface area contributed by atoms with Crippen LogP contribution in [0.3, 0.4) is 0 Å². The number of nitrogens with one attached hydrogen (secondary N) is 2. The Kier molecular flexibility index (Phi) is 4.55. The molecule has 1 aliphatic carbocycles. The first kappa shape index (κ1) is 12.0. The minimum atomic E-state index is -0.883. The van der Waals surface area contributed by atoms with Crippen molar-refractivity contribution in [2.75, 3.05) is 13.1 Å². The highest BCUT2D eigenvalue weighted by Crippen LogP contribution is 2.18. The number of carboxylic acid groups (broad SMARTS) is 1. The van der Waals surface area contributed by atoms with Crippen LogP contribution in [0.5, 0.6) is 0 Å². The molecule has 0 aromatic carbocycles. The molecular weight excluding hydrogens is 196 g/mol. The van der Waals surface area contributed by atoms with E-state index in [2.05, 4.69) is 10.6 Å². The molecule has 0 radical (unpaired) electrons. The van der Waals surface area contributed by atoms with Gasteiger partial charge in [-0.3, -0.25) is 9.59 Å². The highest BCUT2D eigenvalue weighted by atomic mass is 16.4. The third-order valence-corrected chi connectivity index (χ3v) is 2.39. The second-order valence-corrected chi connectivity index (χ2v) is 4.02. The highest BCUT2D eigenvalue weighted by Gasteiger charge is 2.20. The van der Waals surface area contributed by atoms with Crippen LogP contribution in [0, 0.1) is 5.92 Å². The summed E-state index contributed by atoms with van der Waals surface area (Å²) < 4.78 is 0. The minimum absolute atomic E-state index is 0.0868. The van der Waals surface area contributed by atoms with Gasteiger partial charge in [-0.1, -0.05) is 6.92 Å². The molecule has 3 N–H and O–H groups in total. The predicted octanol–water partition coefficient (Wildman–Crippen LogP) is -0.0346. The number of hydrogen-bond acceptors (Lipinski definition) is 3. The van der Waals surface area contributed by atoms with Crippen molar-refractivity contribution < 1.29 is 14.7 Å². The van der Waals surface area contributed by atoms with Gasteiger partial charge in [-0.25, -0.2) is 0 Å². The molecule has 5 heteroatoms. The lowest BCUT2D eigenvalue weighted by atomic mass is 10.2. The van der Waals surface area contributed by atoms with Crippen LogP contribution >= 0.6 is 0 Å². The normalized spacial score (nSPS) is 17.1. The fraction of sp³-hybridized carbons (Fsp3) is 0.800. The third kappa shape index (κ3) is 5.37. The molecule has 1 fully saturated rings. The Labute approximate surface area is 89.2 Å². The average Bonchev–Trinajstić information content (AvgIpc) is 2.97. The number of rotatable bonds is 7. The summed E-state index contributed by atoms with van der Waals surface area (Å²) >= 11 is 0. The van der Waals surface area contributed by atoms with E-state index in [9.17, 15) is 9.59 Å².